The van der Waals surface area contributed by atoms with Crippen LogP contribution in [0.2, 0.25) is 0 Å². The van der Waals surface area contributed by atoms with Gasteiger partial charge in [-0.2, -0.15) is 0 Å². The maximum Gasteiger partial charge on any atom is 0.267 e. The molecule has 22 heavy (non-hydrogen) atoms. The molecular weight excluding hydrogens is 285 g/mol. The van der Waals surface area contributed by atoms with Crippen molar-refractivity contribution in [1.82, 2.24) is 19.9 Å². The van der Waals surface area contributed by atoms with Gasteiger partial charge < -0.3 is 11.1 Å². The molecule has 2 aliphatic rings. The number of carbonyl (C=O) groups is 1. The van der Waals surface area contributed by atoms with E-state index >= 15 is 0 Å². The summed E-state index contributed by atoms with van der Waals surface area (Å²) >= 11 is 0. The van der Waals surface area contributed by atoms with E-state index in [4.69, 9.17) is 5.73 Å². The standard InChI is InChI=1S/C15H14FN5O/c16-6-1-2-10-9(3-6)19-15-12(11-7-4-18-5-8(7)11)13(14(17)22)20-21(10)15/h1-3,7-8,11,18,20H,4-5H2,(H2,17,22). The van der Waals surface area contributed by atoms with E-state index in [1.54, 1.807) is 10.6 Å². The van der Waals surface area contributed by atoms with Gasteiger partial charge in [-0.3, -0.25) is 9.89 Å². The SMILES string of the molecule is NC(=O)c1[nH]n2c(nc3cc(F)ccc32)c1C1C2CNCC21. The number of aromatic amines is 1. The van der Waals surface area contributed by atoms with Crippen LogP contribution >= 0.6 is 0 Å². The van der Waals surface area contributed by atoms with E-state index in [1.807, 2.05) is 0 Å². The van der Waals surface area contributed by atoms with Gasteiger partial charge in [0.25, 0.3) is 5.91 Å². The Morgan fingerprint density at radius 1 is 1.36 bits per heavy atom. The molecule has 112 valence electrons. The summed E-state index contributed by atoms with van der Waals surface area (Å²) in [6.45, 7) is 1.92. The van der Waals surface area contributed by atoms with Crippen LogP contribution in [0.4, 0.5) is 4.39 Å². The number of nitrogens with zero attached hydrogens (tertiary/aromatic N) is 2. The third-order valence-corrected chi connectivity index (χ3v) is 5.02. The number of rotatable bonds is 2. The molecule has 3 aromatic rings. The van der Waals surface area contributed by atoms with Gasteiger partial charge in [0.2, 0.25) is 0 Å². The fourth-order valence-corrected chi connectivity index (χ4v) is 3.98. The molecule has 2 unspecified atom stereocenters. The molecular formula is C15H14FN5O. The molecule has 1 aliphatic heterocycles. The number of fused-ring (bicyclic) bond motifs is 4. The predicted molar refractivity (Wildman–Crippen MR) is 78.1 cm³/mol. The van der Waals surface area contributed by atoms with E-state index in [2.05, 4.69) is 15.4 Å². The Bertz CT molecular complexity index is 932. The summed E-state index contributed by atoms with van der Waals surface area (Å²) in [7, 11) is 0. The Morgan fingerprint density at radius 2 is 2.14 bits per heavy atom. The summed E-state index contributed by atoms with van der Waals surface area (Å²) in [6.07, 6.45) is 0. The molecule has 1 saturated heterocycles. The molecule has 1 amide bonds. The smallest absolute Gasteiger partial charge is 0.267 e. The average Bonchev–Trinajstić information content (AvgIpc) is 2.89. The van der Waals surface area contributed by atoms with E-state index in [0.717, 1.165) is 24.2 Å². The zero-order valence-corrected chi connectivity index (χ0v) is 11.6. The number of halogens is 1. The van der Waals surface area contributed by atoms with Crippen molar-refractivity contribution in [2.24, 2.45) is 17.6 Å². The Kier molecular flexibility index (Phi) is 2.14. The van der Waals surface area contributed by atoms with Gasteiger partial charge >= 0.3 is 0 Å². The molecule has 2 aromatic heterocycles. The second-order valence-corrected chi connectivity index (χ2v) is 6.18. The number of primary amides is 1. The Labute approximate surface area is 124 Å². The fourth-order valence-electron chi connectivity index (χ4n) is 3.98. The van der Waals surface area contributed by atoms with Gasteiger partial charge in [-0.15, -0.1) is 0 Å². The highest BCUT2D eigenvalue weighted by molar-refractivity contribution is 5.96. The normalized spacial score (nSPS) is 26.7. The van der Waals surface area contributed by atoms with E-state index < -0.39 is 5.91 Å². The number of hydrogen-bond acceptors (Lipinski definition) is 3. The van der Waals surface area contributed by atoms with Crippen molar-refractivity contribution >= 4 is 22.6 Å². The Morgan fingerprint density at radius 3 is 2.86 bits per heavy atom. The van der Waals surface area contributed by atoms with Crippen molar-refractivity contribution in [3.63, 3.8) is 0 Å². The highest BCUT2D eigenvalue weighted by Crippen LogP contribution is 2.57. The van der Waals surface area contributed by atoms with Crippen LogP contribution in [0.1, 0.15) is 22.0 Å². The number of hydrogen-bond donors (Lipinski definition) is 3. The molecule has 5 rings (SSSR count). The summed E-state index contributed by atoms with van der Waals surface area (Å²) in [5.41, 5.74) is 8.86. The highest BCUT2D eigenvalue weighted by atomic mass is 19.1. The minimum atomic E-state index is -0.478. The van der Waals surface area contributed by atoms with E-state index in [9.17, 15) is 9.18 Å². The molecule has 0 bridgehead atoms. The quantitative estimate of drug-likeness (QED) is 0.659. The fraction of sp³-hybridized carbons (Fsp3) is 0.333. The molecule has 2 atom stereocenters. The monoisotopic (exact) mass is 299 g/mol. The molecule has 2 fully saturated rings. The van der Waals surface area contributed by atoms with Crippen LogP contribution < -0.4 is 11.1 Å². The number of nitrogens with two attached hydrogens (primary N) is 1. The predicted octanol–water partition coefficient (Wildman–Crippen LogP) is 0.986. The lowest BCUT2D eigenvalue weighted by Gasteiger charge is -2.03. The summed E-state index contributed by atoms with van der Waals surface area (Å²) in [6, 6.07) is 4.45. The van der Waals surface area contributed by atoms with Crippen molar-refractivity contribution in [2.45, 2.75) is 5.92 Å². The largest absolute Gasteiger partial charge is 0.364 e. The van der Waals surface area contributed by atoms with Crippen LogP contribution in [0.15, 0.2) is 18.2 Å². The number of imidazole rings is 1. The number of piperidine rings is 1. The van der Waals surface area contributed by atoms with Crippen LogP contribution in [-0.4, -0.2) is 33.6 Å². The Hall–Kier alpha value is -2.41. The molecule has 1 aromatic carbocycles. The Balaban J connectivity index is 1.79. The highest BCUT2D eigenvalue weighted by Gasteiger charge is 2.55. The number of H-pyrrole nitrogens is 1. The lowest BCUT2D eigenvalue weighted by molar-refractivity contribution is 0.0994. The van der Waals surface area contributed by atoms with Crippen LogP contribution in [0.25, 0.3) is 16.7 Å². The number of nitrogens with one attached hydrogen (secondary N) is 2. The van der Waals surface area contributed by atoms with Crippen LogP contribution in [-0.2, 0) is 0 Å². The lowest BCUT2D eigenvalue weighted by atomic mass is 10.1. The van der Waals surface area contributed by atoms with Gasteiger partial charge in [-0.05, 0) is 43.0 Å². The molecule has 0 spiro atoms. The topological polar surface area (TPSA) is 88.2 Å². The van der Waals surface area contributed by atoms with Crippen molar-refractivity contribution < 1.29 is 9.18 Å². The van der Waals surface area contributed by atoms with Gasteiger partial charge in [0, 0.05) is 11.6 Å². The number of benzene rings is 1. The van der Waals surface area contributed by atoms with Gasteiger partial charge in [0.1, 0.15) is 11.5 Å². The van der Waals surface area contributed by atoms with E-state index in [1.165, 1.54) is 12.1 Å². The minimum absolute atomic E-state index is 0.305. The molecule has 1 aliphatic carbocycles. The van der Waals surface area contributed by atoms with Crippen molar-refractivity contribution in [3.8, 4) is 0 Å². The van der Waals surface area contributed by atoms with Crippen molar-refractivity contribution in [2.75, 3.05) is 13.1 Å². The maximum absolute atomic E-state index is 13.4. The molecule has 1 saturated carbocycles. The van der Waals surface area contributed by atoms with Gasteiger partial charge in [-0.25, -0.2) is 13.9 Å². The zero-order chi connectivity index (χ0) is 15.0. The first-order valence-electron chi connectivity index (χ1n) is 7.35. The van der Waals surface area contributed by atoms with E-state index in [0.29, 0.717) is 34.6 Å². The molecule has 3 heterocycles. The third-order valence-electron chi connectivity index (χ3n) is 5.02. The molecule has 0 radical (unpaired) electrons. The maximum atomic E-state index is 13.4. The molecule has 6 nitrogen and oxygen atoms in total. The average molecular weight is 299 g/mol. The van der Waals surface area contributed by atoms with Crippen LogP contribution in [0, 0.1) is 17.7 Å². The van der Waals surface area contributed by atoms with Crippen molar-refractivity contribution in [1.29, 1.82) is 0 Å². The molecule has 4 N–H and O–H groups in total. The van der Waals surface area contributed by atoms with Crippen LogP contribution in [0.5, 0.6) is 0 Å². The number of carbonyl (C=O) groups excluding carboxylic acids is 1. The third kappa shape index (κ3) is 1.41. The van der Waals surface area contributed by atoms with E-state index in [-0.39, 0.29) is 5.82 Å². The summed E-state index contributed by atoms with van der Waals surface area (Å²) in [5, 5.41) is 6.39. The first-order valence-corrected chi connectivity index (χ1v) is 7.35. The van der Waals surface area contributed by atoms with Gasteiger partial charge in [-0.1, -0.05) is 0 Å². The van der Waals surface area contributed by atoms with Gasteiger partial charge in [0.15, 0.2) is 5.65 Å². The second-order valence-electron chi connectivity index (χ2n) is 6.18. The summed E-state index contributed by atoms with van der Waals surface area (Å²) < 4.78 is 15.1. The zero-order valence-electron chi connectivity index (χ0n) is 11.6. The first-order chi connectivity index (χ1) is 10.6. The molecule has 7 heteroatoms. The lowest BCUT2D eigenvalue weighted by Crippen LogP contribution is -2.17. The van der Waals surface area contributed by atoms with Crippen molar-refractivity contribution in [3.05, 3.63) is 35.3 Å². The minimum Gasteiger partial charge on any atom is -0.364 e. The summed E-state index contributed by atoms with van der Waals surface area (Å²) in [5.74, 6) is 0.578. The number of amides is 1. The second kappa shape index (κ2) is 3.86. The van der Waals surface area contributed by atoms with Gasteiger partial charge in [0.05, 0.1) is 11.0 Å². The first kappa shape index (κ1) is 12.2. The number of aromatic nitrogens is 3. The summed E-state index contributed by atoms with van der Waals surface area (Å²) in [4.78, 5) is 16.3. The van der Waals surface area contributed by atoms with Crippen LogP contribution in [0.3, 0.4) is 0 Å².